The molecule has 0 atom stereocenters. The van der Waals surface area contributed by atoms with E-state index < -0.39 is 15.0 Å². The zero-order chi connectivity index (χ0) is 17.9. The number of nitrogens with zero attached hydrogens (tertiary/aromatic N) is 1. The van der Waals surface area contributed by atoms with Crippen LogP contribution in [0.4, 0.5) is 5.69 Å². The summed E-state index contributed by atoms with van der Waals surface area (Å²) >= 11 is 6.32. The number of halogens is 1. The second kappa shape index (κ2) is 7.16. The van der Waals surface area contributed by atoms with Gasteiger partial charge in [-0.15, -0.1) is 0 Å². The van der Waals surface area contributed by atoms with Crippen molar-refractivity contribution in [3.8, 4) is 22.7 Å². The van der Waals surface area contributed by atoms with E-state index in [0.717, 1.165) is 11.1 Å². The van der Waals surface area contributed by atoms with Gasteiger partial charge in [0.25, 0.3) is 5.69 Å². The second-order valence-corrected chi connectivity index (χ2v) is 10.3. The summed E-state index contributed by atoms with van der Waals surface area (Å²) in [5.74, 6) is 4.17. The predicted molar refractivity (Wildman–Crippen MR) is 102 cm³/mol. The van der Waals surface area contributed by atoms with Crippen molar-refractivity contribution < 1.29 is 9.66 Å². The molecule has 0 aliphatic carbocycles. The lowest BCUT2D eigenvalue weighted by Crippen LogP contribution is -1.92. The molecule has 4 nitrogen and oxygen atoms in total. The fourth-order valence-corrected chi connectivity index (χ4v) is 2.63. The van der Waals surface area contributed by atoms with Gasteiger partial charge in [0.05, 0.1) is 9.95 Å². The molecule has 0 unspecified atom stereocenters. The Morgan fingerprint density at radius 2 is 1.79 bits per heavy atom. The first-order valence-corrected chi connectivity index (χ1v) is 10.3. The molecule has 6 heteroatoms. The van der Waals surface area contributed by atoms with E-state index >= 15 is 0 Å². The lowest BCUT2D eigenvalue weighted by molar-refractivity contribution is -0.384. The topological polar surface area (TPSA) is 52.4 Å². The Labute approximate surface area is 148 Å². The number of benzene rings is 2. The second-order valence-electron chi connectivity index (χ2n) is 6.02. The Bertz CT molecular complexity index is 807. The van der Waals surface area contributed by atoms with Crippen molar-refractivity contribution in [2.75, 3.05) is 18.8 Å². The maximum Gasteiger partial charge on any atom is 0.269 e. The van der Waals surface area contributed by atoms with Crippen molar-refractivity contribution in [1.29, 1.82) is 0 Å². The summed E-state index contributed by atoms with van der Waals surface area (Å²) in [7, 11) is -0.908. The number of ether oxygens (including phenoxy) is 1. The van der Waals surface area contributed by atoms with Gasteiger partial charge in [-0.05, 0) is 60.8 Å². The Morgan fingerprint density at radius 1 is 1.17 bits per heavy atom. The first kappa shape index (κ1) is 18.2. The van der Waals surface area contributed by atoms with Crippen LogP contribution < -0.4 is 4.74 Å². The maximum atomic E-state index is 10.7. The van der Waals surface area contributed by atoms with Crippen LogP contribution in [0.25, 0.3) is 0 Å². The summed E-state index contributed by atoms with van der Waals surface area (Å²) < 4.78 is 5.78. The van der Waals surface area contributed by atoms with E-state index in [1.807, 2.05) is 13.0 Å². The first-order valence-electron chi connectivity index (χ1n) is 7.09. The Balaban J connectivity index is 2.28. The first-order chi connectivity index (χ1) is 11.2. The van der Waals surface area contributed by atoms with Gasteiger partial charge in [0, 0.05) is 17.7 Å². The standard InChI is InChI=1S/C18H18ClNO3S/c1-13-11-14(9-10-24(2,3)4)12-17(19)18(13)23-16-7-5-15(6-8-16)20(21)22/h5-8,11-12H,1-4H3. The summed E-state index contributed by atoms with van der Waals surface area (Å²) in [5.41, 5.74) is 1.71. The SMILES string of the molecule is Cc1cc(C#CS(C)(C)C)cc(Cl)c1Oc1ccc([N+](=O)[O-])cc1. The van der Waals surface area contributed by atoms with E-state index in [1.165, 1.54) is 12.1 Å². The molecule has 0 aliphatic heterocycles. The van der Waals surface area contributed by atoms with Crippen LogP contribution in [0, 0.1) is 28.2 Å². The summed E-state index contributed by atoms with van der Waals surface area (Å²) in [4.78, 5) is 10.2. The van der Waals surface area contributed by atoms with E-state index in [2.05, 4.69) is 29.9 Å². The summed E-state index contributed by atoms with van der Waals surface area (Å²) in [6.07, 6.45) is 6.38. The average Bonchev–Trinajstić information content (AvgIpc) is 2.48. The van der Waals surface area contributed by atoms with Gasteiger partial charge in [-0.25, -0.2) is 0 Å². The minimum Gasteiger partial charge on any atom is -0.456 e. The van der Waals surface area contributed by atoms with Crippen LogP contribution >= 0.6 is 21.6 Å². The van der Waals surface area contributed by atoms with Gasteiger partial charge in [-0.1, -0.05) is 17.5 Å². The molecule has 0 spiro atoms. The van der Waals surface area contributed by atoms with Gasteiger partial charge in [0.1, 0.15) is 11.5 Å². The van der Waals surface area contributed by atoms with Gasteiger partial charge in [0.15, 0.2) is 0 Å². The molecule has 0 saturated carbocycles. The zero-order valence-corrected chi connectivity index (χ0v) is 15.5. The van der Waals surface area contributed by atoms with Crippen LogP contribution in [0.2, 0.25) is 5.02 Å². The molecule has 2 aromatic rings. The van der Waals surface area contributed by atoms with Crippen molar-refractivity contribution in [3.05, 3.63) is 62.7 Å². The van der Waals surface area contributed by atoms with Gasteiger partial charge >= 0.3 is 0 Å². The number of rotatable bonds is 3. The fourth-order valence-electron chi connectivity index (χ4n) is 1.90. The molecule has 0 saturated heterocycles. The van der Waals surface area contributed by atoms with E-state index in [4.69, 9.17) is 16.3 Å². The van der Waals surface area contributed by atoms with Crippen LogP contribution in [0.1, 0.15) is 11.1 Å². The molecule has 0 aromatic heterocycles. The van der Waals surface area contributed by atoms with Crippen molar-refractivity contribution >= 4 is 27.3 Å². The lowest BCUT2D eigenvalue weighted by atomic mass is 10.1. The predicted octanol–water partition coefficient (Wildman–Crippen LogP) is 5.35. The highest BCUT2D eigenvalue weighted by Crippen LogP contribution is 2.35. The summed E-state index contributed by atoms with van der Waals surface area (Å²) in [5, 5.41) is 14.4. The smallest absolute Gasteiger partial charge is 0.269 e. The molecule has 0 heterocycles. The van der Waals surface area contributed by atoms with E-state index in [9.17, 15) is 10.1 Å². The number of hydrogen-bond donors (Lipinski definition) is 0. The molecular weight excluding hydrogens is 346 g/mol. The van der Waals surface area contributed by atoms with Crippen LogP contribution in [0.3, 0.4) is 0 Å². The summed E-state index contributed by atoms with van der Waals surface area (Å²) in [6, 6.07) is 9.57. The van der Waals surface area contributed by atoms with Crippen molar-refractivity contribution in [1.82, 2.24) is 0 Å². The lowest BCUT2D eigenvalue weighted by Gasteiger charge is -2.15. The van der Waals surface area contributed by atoms with Crippen molar-refractivity contribution in [3.63, 3.8) is 0 Å². The minimum absolute atomic E-state index is 0.0143. The number of nitro groups is 1. The fraction of sp³-hybridized carbons (Fsp3) is 0.222. The highest BCUT2D eigenvalue weighted by molar-refractivity contribution is 8.35. The normalized spacial score (nSPS) is 11.4. The number of nitro benzene ring substituents is 1. The van der Waals surface area contributed by atoms with Gasteiger partial charge in [-0.2, -0.15) is 10.0 Å². The third-order valence-electron chi connectivity index (χ3n) is 3.00. The maximum absolute atomic E-state index is 10.7. The van der Waals surface area contributed by atoms with Crippen LogP contribution in [0.15, 0.2) is 36.4 Å². The van der Waals surface area contributed by atoms with Crippen LogP contribution in [-0.4, -0.2) is 23.7 Å². The molecule has 0 amide bonds. The zero-order valence-electron chi connectivity index (χ0n) is 13.9. The molecular formula is C18H18ClNO3S. The molecule has 126 valence electrons. The number of non-ortho nitro benzene ring substituents is 1. The molecule has 0 bridgehead atoms. The van der Waals surface area contributed by atoms with Gasteiger partial charge in [-0.3, -0.25) is 10.1 Å². The highest BCUT2D eigenvalue weighted by Gasteiger charge is 2.11. The molecule has 0 N–H and O–H groups in total. The molecule has 0 radical (unpaired) electrons. The van der Waals surface area contributed by atoms with Gasteiger partial charge < -0.3 is 4.74 Å². The Hall–Kier alpha value is -2.16. The van der Waals surface area contributed by atoms with Crippen LogP contribution in [0.5, 0.6) is 11.5 Å². The largest absolute Gasteiger partial charge is 0.456 e. The van der Waals surface area contributed by atoms with E-state index in [0.29, 0.717) is 16.5 Å². The minimum atomic E-state index is -0.908. The highest BCUT2D eigenvalue weighted by atomic mass is 35.5. The number of aryl methyl sites for hydroxylation is 1. The quantitative estimate of drug-likeness (QED) is 0.419. The third kappa shape index (κ3) is 4.92. The molecule has 24 heavy (non-hydrogen) atoms. The van der Waals surface area contributed by atoms with E-state index in [-0.39, 0.29) is 5.69 Å². The van der Waals surface area contributed by atoms with Crippen LogP contribution in [-0.2, 0) is 0 Å². The molecule has 0 fully saturated rings. The molecule has 2 rings (SSSR count). The summed E-state index contributed by atoms with van der Waals surface area (Å²) in [6.45, 7) is 1.89. The third-order valence-corrected chi connectivity index (χ3v) is 3.99. The van der Waals surface area contributed by atoms with Crippen molar-refractivity contribution in [2.45, 2.75) is 6.92 Å². The van der Waals surface area contributed by atoms with Gasteiger partial charge in [0.2, 0.25) is 0 Å². The average molecular weight is 364 g/mol. The Kier molecular flexibility index (Phi) is 5.43. The molecule has 2 aromatic carbocycles. The van der Waals surface area contributed by atoms with E-state index in [1.54, 1.807) is 18.2 Å². The molecule has 0 aliphatic rings. The number of hydrogen-bond acceptors (Lipinski definition) is 3. The van der Waals surface area contributed by atoms with Crippen molar-refractivity contribution in [2.24, 2.45) is 0 Å². The Morgan fingerprint density at radius 3 is 2.29 bits per heavy atom. The monoisotopic (exact) mass is 363 g/mol.